The lowest BCUT2D eigenvalue weighted by atomic mass is 10.0. The molecule has 0 aliphatic rings. The molecule has 1 N–H and O–H groups in total. The van der Waals surface area contributed by atoms with Gasteiger partial charge in [-0.25, -0.2) is 4.98 Å². The fourth-order valence-corrected chi connectivity index (χ4v) is 3.82. The number of rotatable bonds is 9. The Kier molecular flexibility index (Phi) is 6.66. The zero-order valence-electron chi connectivity index (χ0n) is 15.8. The molecule has 1 heterocycles. The molecule has 0 fully saturated rings. The zero-order chi connectivity index (χ0) is 19.9. The third kappa shape index (κ3) is 4.89. The topological polar surface area (TPSA) is 64.0 Å². The maximum absolute atomic E-state index is 12.5. The van der Waals surface area contributed by atoms with Crippen LogP contribution in [-0.4, -0.2) is 33.0 Å². The Morgan fingerprint density at radius 1 is 1.18 bits per heavy atom. The second-order valence-electron chi connectivity index (χ2n) is 6.49. The van der Waals surface area contributed by atoms with E-state index in [9.17, 15) is 9.59 Å². The first-order valence-corrected chi connectivity index (χ1v) is 10.1. The summed E-state index contributed by atoms with van der Waals surface area (Å²) >= 11 is 1.36. The van der Waals surface area contributed by atoms with Gasteiger partial charge in [0.2, 0.25) is 5.91 Å². The second-order valence-corrected chi connectivity index (χ2v) is 7.43. The van der Waals surface area contributed by atoms with Crippen LogP contribution in [0.1, 0.15) is 12.5 Å². The lowest BCUT2D eigenvalue weighted by Crippen LogP contribution is -2.42. The molecule has 1 atom stereocenters. The summed E-state index contributed by atoms with van der Waals surface area (Å²) in [6, 6.07) is 17.0. The minimum absolute atomic E-state index is 0.0545. The van der Waals surface area contributed by atoms with Gasteiger partial charge < -0.3 is 9.88 Å². The molecule has 6 heteroatoms. The lowest BCUT2D eigenvalue weighted by Gasteiger charge is -2.16. The lowest BCUT2D eigenvalue weighted by molar-refractivity contribution is -0.125. The molecule has 28 heavy (non-hydrogen) atoms. The fraction of sp³-hybridized carbons (Fsp3) is 0.227. The molecule has 1 amide bonds. The molecule has 0 aliphatic carbocycles. The van der Waals surface area contributed by atoms with Crippen molar-refractivity contribution < 1.29 is 9.59 Å². The Labute approximate surface area is 168 Å². The van der Waals surface area contributed by atoms with Gasteiger partial charge in [0.1, 0.15) is 0 Å². The first-order valence-electron chi connectivity index (χ1n) is 9.11. The number of carbonyl (C=O) groups excluding carboxylic acids is 2. The minimum atomic E-state index is -0.525. The van der Waals surface area contributed by atoms with Crippen LogP contribution in [0, 0.1) is 0 Å². The average Bonchev–Trinajstić information content (AvgIpc) is 3.05. The van der Waals surface area contributed by atoms with Crippen LogP contribution in [0.4, 0.5) is 0 Å². The molecule has 0 unspecified atom stereocenters. The molecule has 144 valence electrons. The molecule has 0 saturated carbocycles. The van der Waals surface area contributed by atoms with Gasteiger partial charge >= 0.3 is 0 Å². The average molecular weight is 394 g/mol. The van der Waals surface area contributed by atoms with E-state index in [1.54, 1.807) is 0 Å². The van der Waals surface area contributed by atoms with Crippen molar-refractivity contribution in [3.63, 3.8) is 0 Å². The number of amides is 1. The van der Waals surface area contributed by atoms with E-state index in [1.165, 1.54) is 18.7 Å². The van der Waals surface area contributed by atoms with E-state index in [1.807, 2.05) is 65.2 Å². The number of benzene rings is 2. The smallest absolute Gasteiger partial charge is 0.231 e. The largest absolute Gasteiger partial charge is 0.345 e. The Bertz CT molecular complexity index is 982. The molecule has 3 aromatic rings. The van der Waals surface area contributed by atoms with E-state index < -0.39 is 6.04 Å². The number of aromatic nitrogens is 2. The number of ketones is 1. The fourth-order valence-electron chi connectivity index (χ4n) is 2.98. The SMILES string of the molecule is C=CCn1c(SCC(=O)N[C@@H](Cc2ccccc2)C(C)=O)nc2ccccc21. The van der Waals surface area contributed by atoms with Crippen molar-refractivity contribution >= 4 is 34.5 Å². The number of hydrogen-bond donors (Lipinski definition) is 1. The monoisotopic (exact) mass is 393 g/mol. The summed E-state index contributed by atoms with van der Waals surface area (Å²) in [4.78, 5) is 29.0. The maximum atomic E-state index is 12.5. The number of thioether (sulfide) groups is 1. The van der Waals surface area contributed by atoms with Gasteiger partial charge in [0.05, 0.1) is 22.8 Å². The van der Waals surface area contributed by atoms with Gasteiger partial charge in [-0.3, -0.25) is 9.59 Å². The van der Waals surface area contributed by atoms with Crippen molar-refractivity contribution in [2.75, 3.05) is 5.75 Å². The molecule has 2 aromatic carbocycles. The van der Waals surface area contributed by atoms with Gasteiger partial charge in [0.25, 0.3) is 0 Å². The number of para-hydroxylation sites is 2. The molecule has 0 bridgehead atoms. The Hall–Kier alpha value is -2.86. The highest BCUT2D eigenvalue weighted by atomic mass is 32.2. The highest BCUT2D eigenvalue weighted by molar-refractivity contribution is 7.99. The van der Waals surface area contributed by atoms with Crippen LogP contribution >= 0.6 is 11.8 Å². The van der Waals surface area contributed by atoms with Crippen LogP contribution < -0.4 is 5.32 Å². The minimum Gasteiger partial charge on any atom is -0.345 e. The third-order valence-electron chi connectivity index (χ3n) is 4.37. The molecule has 0 saturated heterocycles. The van der Waals surface area contributed by atoms with E-state index in [-0.39, 0.29) is 17.4 Å². The quantitative estimate of drug-likeness (QED) is 0.445. The van der Waals surface area contributed by atoms with Crippen molar-refractivity contribution in [2.24, 2.45) is 0 Å². The first kappa shape index (κ1) is 19.9. The number of imidazole rings is 1. The summed E-state index contributed by atoms with van der Waals surface area (Å²) in [6.07, 6.45) is 2.30. The van der Waals surface area contributed by atoms with Crippen molar-refractivity contribution in [3.05, 3.63) is 72.8 Å². The summed E-state index contributed by atoms with van der Waals surface area (Å²) in [6.45, 7) is 5.93. The van der Waals surface area contributed by atoms with Crippen LogP contribution in [0.2, 0.25) is 0 Å². The molecule has 3 rings (SSSR count). The number of fused-ring (bicyclic) bond motifs is 1. The van der Waals surface area contributed by atoms with Crippen LogP contribution in [-0.2, 0) is 22.6 Å². The van der Waals surface area contributed by atoms with Crippen LogP contribution in [0.25, 0.3) is 11.0 Å². The van der Waals surface area contributed by atoms with Crippen molar-refractivity contribution in [3.8, 4) is 0 Å². The van der Waals surface area contributed by atoms with Crippen LogP contribution in [0.15, 0.2) is 72.4 Å². The first-order chi connectivity index (χ1) is 13.6. The molecule has 0 spiro atoms. The number of nitrogens with one attached hydrogen (secondary N) is 1. The number of carbonyl (C=O) groups is 2. The maximum Gasteiger partial charge on any atom is 0.231 e. The highest BCUT2D eigenvalue weighted by Crippen LogP contribution is 2.24. The van der Waals surface area contributed by atoms with E-state index in [0.717, 1.165) is 21.8 Å². The van der Waals surface area contributed by atoms with Gasteiger partial charge in [0, 0.05) is 6.54 Å². The van der Waals surface area contributed by atoms with Crippen molar-refractivity contribution in [1.82, 2.24) is 14.9 Å². The summed E-state index contributed by atoms with van der Waals surface area (Å²) in [5, 5.41) is 3.62. The van der Waals surface area contributed by atoms with E-state index in [2.05, 4.69) is 16.9 Å². The number of nitrogens with zero attached hydrogens (tertiary/aromatic N) is 2. The molecule has 5 nitrogen and oxygen atoms in total. The van der Waals surface area contributed by atoms with Gasteiger partial charge in [-0.1, -0.05) is 60.3 Å². The molecule has 1 aromatic heterocycles. The van der Waals surface area contributed by atoms with Crippen LogP contribution in [0.5, 0.6) is 0 Å². The van der Waals surface area contributed by atoms with E-state index in [0.29, 0.717) is 13.0 Å². The molecule has 0 radical (unpaired) electrons. The Balaban J connectivity index is 1.66. The number of Topliss-reactive ketones (excluding diaryl/α,β-unsaturated/α-hetero) is 1. The standard InChI is InChI=1S/C22H23N3O2S/c1-3-13-25-20-12-8-7-11-18(20)24-22(25)28-15-21(27)23-19(16(2)26)14-17-9-5-4-6-10-17/h3-12,19H,1,13-15H2,2H3,(H,23,27)/t19-/m0/s1. The Morgan fingerprint density at radius 3 is 2.61 bits per heavy atom. The normalized spacial score (nSPS) is 11.9. The predicted octanol–water partition coefficient (Wildman–Crippen LogP) is 3.63. The molecular weight excluding hydrogens is 370 g/mol. The Morgan fingerprint density at radius 2 is 1.89 bits per heavy atom. The predicted molar refractivity (Wildman–Crippen MR) is 113 cm³/mol. The highest BCUT2D eigenvalue weighted by Gasteiger charge is 2.19. The van der Waals surface area contributed by atoms with Crippen molar-refractivity contribution in [2.45, 2.75) is 31.1 Å². The van der Waals surface area contributed by atoms with Crippen LogP contribution in [0.3, 0.4) is 0 Å². The summed E-state index contributed by atoms with van der Waals surface area (Å²) in [7, 11) is 0. The number of hydrogen-bond acceptors (Lipinski definition) is 4. The second kappa shape index (κ2) is 9.37. The summed E-state index contributed by atoms with van der Waals surface area (Å²) < 4.78 is 2.03. The summed E-state index contributed by atoms with van der Waals surface area (Å²) in [5.41, 5.74) is 2.91. The van der Waals surface area contributed by atoms with Crippen molar-refractivity contribution in [1.29, 1.82) is 0 Å². The van der Waals surface area contributed by atoms with E-state index in [4.69, 9.17) is 0 Å². The summed E-state index contributed by atoms with van der Waals surface area (Å²) in [5.74, 6) is -0.0431. The van der Waals surface area contributed by atoms with Gasteiger partial charge in [0.15, 0.2) is 10.9 Å². The zero-order valence-corrected chi connectivity index (χ0v) is 16.6. The van der Waals surface area contributed by atoms with Gasteiger partial charge in [-0.15, -0.1) is 6.58 Å². The molecular formula is C22H23N3O2S. The van der Waals surface area contributed by atoms with Gasteiger partial charge in [-0.2, -0.15) is 0 Å². The number of allylic oxidation sites excluding steroid dienone is 1. The van der Waals surface area contributed by atoms with Gasteiger partial charge in [-0.05, 0) is 31.0 Å². The molecule has 0 aliphatic heterocycles. The van der Waals surface area contributed by atoms with E-state index >= 15 is 0 Å². The third-order valence-corrected chi connectivity index (χ3v) is 5.35.